The fourth-order valence-corrected chi connectivity index (χ4v) is 8.71. The van der Waals surface area contributed by atoms with E-state index in [0.717, 1.165) is 0 Å². The van der Waals surface area contributed by atoms with Crippen LogP contribution in [0.4, 0.5) is 0 Å². The molecule has 2 saturated carbocycles. The summed E-state index contributed by atoms with van der Waals surface area (Å²) < 4.78 is 28.0. The van der Waals surface area contributed by atoms with Crippen LogP contribution in [-0.2, 0) is 44.7 Å². The number of rotatable bonds is 7. The quantitative estimate of drug-likeness (QED) is 0.167. The Bertz CT molecular complexity index is 1640. The first-order chi connectivity index (χ1) is 23.9. The van der Waals surface area contributed by atoms with Crippen molar-refractivity contribution >= 4 is 23.9 Å². The van der Waals surface area contributed by atoms with E-state index in [2.05, 4.69) is 9.97 Å². The van der Waals surface area contributed by atoms with E-state index in [1.165, 1.54) is 26.4 Å². The van der Waals surface area contributed by atoms with E-state index < -0.39 is 83.7 Å². The van der Waals surface area contributed by atoms with Gasteiger partial charge in [0, 0.05) is 55.3 Å². The van der Waals surface area contributed by atoms with Crippen molar-refractivity contribution in [2.75, 3.05) is 7.11 Å². The van der Waals surface area contributed by atoms with Gasteiger partial charge in [0.05, 0.1) is 11.7 Å². The zero-order chi connectivity index (χ0) is 35.9. The Balaban J connectivity index is 1.24. The van der Waals surface area contributed by atoms with Crippen LogP contribution >= 0.6 is 0 Å². The van der Waals surface area contributed by atoms with Gasteiger partial charge in [-0.05, 0) is 67.5 Å². The number of cyclic esters (lactones) is 1. The Kier molecular flexibility index (Phi) is 10.0. The molecule has 0 amide bonds. The smallest absolute Gasteiger partial charge is 0.417 e. The van der Waals surface area contributed by atoms with Crippen LogP contribution in [-0.4, -0.2) is 87.3 Å². The number of nitrogens with one attached hydrogen (secondary N) is 1. The van der Waals surface area contributed by atoms with Crippen LogP contribution in [0.2, 0.25) is 0 Å². The lowest BCUT2D eigenvalue weighted by Crippen LogP contribution is -2.65. The molecule has 0 bridgehead atoms. The highest BCUT2D eigenvalue weighted by Gasteiger charge is 2.71. The molecule has 0 radical (unpaired) electrons. The molecule has 2 fully saturated rings. The summed E-state index contributed by atoms with van der Waals surface area (Å²) in [5, 5.41) is 24.4. The van der Waals surface area contributed by atoms with Crippen molar-refractivity contribution in [1.29, 1.82) is 0 Å². The van der Waals surface area contributed by atoms with Gasteiger partial charge in [0.2, 0.25) is 0 Å². The zero-order valence-corrected chi connectivity index (χ0v) is 28.6. The maximum Gasteiger partial charge on any atom is 0.417 e. The lowest BCUT2D eigenvalue weighted by Gasteiger charge is -2.61. The topological polar surface area (TPSA) is 184 Å². The van der Waals surface area contributed by atoms with E-state index in [4.69, 9.17) is 23.7 Å². The molecule has 4 aliphatic rings. The molecule has 1 aliphatic heterocycles. The predicted molar refractivity (Wildman–Crippen MR) is 175 cm³/mol. The summed E-state index contributed by atoms with van der Waals surface area (Å²) in [5.74, 6) is -6.50. The van der Waals surface area contributed by atoms with E-state index in [9.17, 15) is 29.4 Å². The van der Waals surface area contributed by atoms with Gasteiger partial charge >= 0.3 is 23.9 Å². The number of hydrogen-bond donors (Lipinski definition) is 3. The SMILES string of the molecule is CO[C@H]1C[C@H]2C=CC3C(C4C(O)[C@@H](C)[C@@H](OC(=O)c5ccc[nH]5)[C@@H]34)[C@]2(O)/C(C)=C/[C@@H](C)[C@@H]([C@@H](C)OC(=O)C(=O)OCc2ccncc2)OC1=O. The van der Waals surface area contributed by atoms with Gasteiger partial charge in [-0.25, -0.2) is 19.2 Å². The predicted octanol–water partition coefficient (Wildman–Crippen LogP) is 2.93. The van der Waals surface area contributed by atoms with Crippen molar-refractivity contribution in [3.8, 4) is 0 Å². The number of ether oxygens (including phenoxy) is 5. The zero-order valence-electron chi connectivity index (χ0n) is 28.6. The summed E-state index contributed by atoms with van der Waals surface area (Å²) in [6.07, 6.45) is 5.81. The number of allylic oxidation sites excluding steroid dienone is 1. The first kappa shape index (κ1) is 35.5. The first-order valence-corrected chi connectivity index (χ1v) is 17.0. The van der Waals surface area contributed by atoms with E-state index in [1.54, 1.807) is 50.4 Å². The van der Waals surface area contributed by atoms with Crippen LogP contribution in [0.25, 0.3) is 0 Å². The molecule has 4 unspecified atom stereocenters. The Morgan fingerprint density at radius 1 is 1.12 bits per heavy atom. The lowest BCUT2D eigenvalue weighted by atomic mass is 9.46. The number of nitrogens with zero attached hydrogens (tertiary/aromatic N) is 1. The standard InChI is InChI=1S/C37H44N2O11/c1-18-15-19(2)37(45)23(8-9-24-27-28(29(24)37)30(40)20(3)32(27)50-33(41)25-7-6-12-39-25)16-26(46-5)34(42)49-31(18)21(4)48-36(44)35(43)47-17-22-10-13-38-14-11-22/h6-15,18,20-21,23-24,26-32,39-40,45H,16-17H2,1-5H3/b19-15+/t18-,20-,21-,23-,24?,26+,27+,28?,29?,30?,31+,32-,37+/m1/s1. The van der Waals surface area contributed by atoms with Crippen molar-refractivity contribution in [1.82, 2.24) is 9.97 Å². The monoisotopic (exact) mass is 692 g/mol. The third-order valence-electron chi connectivity index (χ3n) is 11.2. The number of aliphatic hydroxyl groups excluding tert-OH is 1. The van der Waals surface area contributed by atoms with Gasteiger partial charge in [0.25, 0.3) is 0 Å². The van der Waals surface area contributed by atoms with Crippen LogP contribution in [0.3, 0.4) is 0 Å². The summed E-state index contributed by atoms with van der Waals surface area (Å²) in [4.78, 5) is 58.4. The summed E-state index contributed by atoms with van der Waals surface area (Å²) in [6, 6.07) is 6.62. The molecule has 13 nitrogen and oxygen atoms in total. The van der Waals surface area contributed by atoms with Gasteiger partial charge in [-0.2, -0.15) is 0 Å². The van der Waals surface area contributed by atoms with Crippen LogP contribution in [0.5, 0.6) is 0 Å². The van der Waals surface area contributed by atoms with Gasteiger partial charge in [0.15, 0.2) is 6.10 Å². The molecule has 2 aromatic rings. The van der Waals surface area contributed by atoms with Gasteiger partial charge in [0.1, 0.15) is 30.6 Å². The lowest BCUT2D eigenvalue weighted by molar-refractivity contribution is -0.190. The molecule has 3 aliphatic carbocycles. The van der Waals surface area contributed by atoms with Crippen LogP contribution < -0.4 is 0 Å². The van der Waals surface area contributed by atoms with Crippen LogP contribution in [0.1, 0.15) is 50.2 Å². The minimum atomic E-state index is -1.51. The number of carbonyl (C=O) groups is 4. The minimum Gasteiger partial charge on any atom is -0.457 e. The van der Waals surface area contributed by atoms with E-state index in [-0.39, 0.29) is 30.8 Å². The Morgan fingerprint density at radius 2 is 1.86 bits per heavy atom. The van der Waals surface area contributed by atoms with Crippen molar-refractivity contribution in [2.45, 2.75) is 76.8 Å². The summed E-state index contributed by atoms with van der Waals surface area (Å²) >= 11 is 0. The Morgan fingerprint density at radius 3 is 2.54 bits per heavy atom. The number of carbonyl (C=O) groups excluding carboxylic acids is 4. The second-order valence-corrected chi connectivity index (χ2v) is 14.0. The third kappa shape index (κ3) is 6.26. The number of pyridine rings is 1. The van der Waals surface area contributed by atoms with E-state index in [1.807, 2.05) is 19.1 Å². The number of aliphatic hydroxyl groups is 2. The maximum atomic E-state index is 13.5. The Labute approximate surface area is 290 Å². The van der Waals surface area contributed by atoms with Gasteiger partial charge in [-0.1, -0.05) is 32.1 Å². The first-order valence-electron chi connectivity index (χ1n) is 17.0. The third-order valence-corrected chi connectivity index (χ3v) is 11.2. The minimum absolute atomic E-state index is 0.0710. The molecule has 2 aromatic heterocycles. The Hall–Kier alpha value is -4.33. The molecule has 50 heavy (non-hydrogen) atoms. The highest BCUT2D eigenvalue weighted by atomic mass is 16.6. The largest absolute Gasteiger partial charge is 0.457 e. The van der Waals surface area contributed by atoms with Crippen LogP contribution in [0, 0.1) is 41.4 Å². The molecule has 3 N–H and O–H groups in total. The second-order valence-electron chi connectivity index (χ2n) is 14.0. The molecule has 0 saturated heterocycles. The van der Waals surface area contributed by atoms with Gasteiger partial charge < -0.3 is 38.9 Å². The van der Waals surface area contributed by atoms with Crippen molar-refractivity contribution in [3.05, 3.63) is 77.9 Å². The molecule has 13 atom stereocenters. The molecule has 0 spiro atoms. The van der Waals surface area contributed by atoms with Crippen molar-refractivity contribution in [3.63, 3.8) is 0 Å². The molecule has 3 heterocycles. The summed E-state index contributed by atoms with van der Waals surface area (Å²) in [5.41, 5.74) is 0.0333. The fourth-order valence-electron chi connectivity index (χ4n) is 8.71. The maximum absolute atomic E-state index is 13.5. The average molecular weight is 693 g/mol. The number of fused-ring (bicyclic) bond motifs is 6. The molecule has 268 valence electrons. The van der Waals surface area contributed by atoms with Crippen LogP contribution in [0.15, 0.2) is 66.7 Å². The summed E-state index contributed by atoms with van der Waals surface area (Å²) in [6.45, 7) is 6.77. The number of aromatic amines is 1. The average Bonchev–Trinajstić information content (AvgIpc) is 3.70. The number of H-pyrrole nitrogens is 1. The number of esters is 4. The summed E-state index contributed by atoms with van der Waals surface area (Å²) in [7, 11) is 1.38. The van der Waals surface area contributed by atoms with E-state index in [0.29, 0.717) is 16.8 Å². The number of aromatic nitrogens is 2. The molecule has 0 aromatic carbocycles. The molecular weight excluding hydrogens is 648 g/mol. The number of methoxy groups -OCH3 is 1. The van der Waals surface area contributed by atoms with Crippen molar-refractivity contribution < 1.29 is 53.1 Å². The molecule has 6 rings (SSSR count). The highest BCUT2D eigenvalue weighted by Crippen LogP contribution is 2.66. The number of hydrogen-bond acceptors (Lipinski definition) is 12. The van der Waals surface area contributed by atoms with E-state index >= 15 is 0 Å². The normalized spacial score (nSPS) is 37.7. The molecule has 13 heteroatoms. The second kappa shape index (κ2) is 14.1. The van der Waals surface area contributed by atoms with Crippen molar-refractivity contribution in [2.24, 2.45) is 41.4 Å². The van der Waals surface area contributed by atoms with Gasteiger partial charge in [-0.15, -0.1) is 0 Å². The fraction of sp³-hybridized carbons (Fsp3) is 0.541. The van der Waals surface area contributed by atoms with Gasteiger partial charge in [-0.3, -0.25) is 4.98 Å². The molecular formula is C37H44N2O11. The highest BCUT2D eigenvalue weighted by molar-refractivity contribution is 6.29.